The third-order valence-electron chi connectivity index (χ3n) is 4.43. The molecule has 0 aliphatic rings. The van der Waals surface area contributed by atoms with E-state index in [1.54, 1.807) is 0 Å². The zero-order chi connectivity index (χ0) is 22.0. The number of thioether (sulfide) groups is 2. The van der Waals surface area contributed by atoms with Gasteiger partial charge in [-0.05, 0) is 84.0 Å². The van der Waals surface area contributed by atoms with E-state index in [0.29, 0.717) is 0 Å². The van der Waals surface area contributed by atoms with E-state index in [0.717, 1.165) is 11.1 Å². The lowest BCUT2D eigenvalue weighted by atomic mass is 10.2. The molecule has 2 aromatic carbocycles. The molecule has 2 rings (SSSR count). The van der Waals surface area contributed by atoms with E-state index in [4.69, 9.17) is 0 Å². The van der Waals surface area contributed by atoms with Gasteiger partial charge in [-0.3, -0.25) is 0 Å². The molecule has 0 amide bonds. The molecule has 0 saturated heterocycles. The van der Waals surface area contributed by atoms with Crippen LogP contribution in [0.25, 0.3) is 0 Å². The minimum atomic E-state index is -0.947. The standard InChI is InChI=1S/C26H34S2Si2/c1-29(2,3)21-19-27-25-15-11-23(12-16-25)9-7-8-10-24-13-17-26(18-14-24)28-20-22-30(4,5)6/h11-18H,19-22H2,1-6H3. The Kier molecular flexibility index (Phi) is 9.91. The fourth-order valence-corrected chi connectivity index (χ4v) is 9.27. The monoisotopic (exact) mass is 466 g/mol. The van der Waals surface area contributed by atoms with E-state index in [1.807, 2.05) is 23.5 Å². The molecule has 158 valence electrons. The maximum Gasteiger partial charge on any atom is 0.0450 e. The predicted octanol–water partition coefficient (Wildman–Crippen LogP) is 7.95. The molecular formula is C26H34S2Si2. The lowest BCUT2D eigenvalue weighted by molar-refractivity contribution is 1.35. The normalized spacial score (nSPS) is 11.3. The number of benzene rings is 2. The van der Waals surface area contributed by atoms with Gasteiger partial charge in [-0.15, -0.1) is 23.5 Å². The summed E-state index contributed by atoms with van der Waals surface area (Å²) in [5, 5.41) is 0. The van der Waals surface area contributed by atoms with E-state index < -0.39 is 16.1 Å². The summed E-state index contributed by atoms with van der Waals surface area (Å²) in [6.07, 6.45) is 0. The van der Waals surface area contributed by atoms with Gasteiger partial charge in [0.1, 0.15) is 0 Å². The fourth-order valence-electron chi connectivity index (χ4n) is 2.43. The van der Waals surface area contributed by atoms with Gasteiger partial charge < -0.3 is 0 Å². The highest BCUT2D eigenvalue weighted by Gasteiger charge is 2.12. The molecule has 0 heterocycles. The smallest absolute Gasteiger partial charge is 0.0450 e. The van der Waals surface area contributed by atoms with Gasteiger partial charge in [0.15, 0.2) is 0 Å². The van der Waals surface area contributed by atoms with Gasteiger partial charge in [-0.2, -0.15) is 0 Å². The Morgan fingerprint density at radius 2 is 0.900 bits per heavy atom. The molecule has 0 bridgehead atoms. The molecule has 0 radical (unpaired) electrons. The molecule has 0 aliphatic heterocycles. The van der Waals surface area contributed by atoms with Crippen molar-refractivity contribution >= 4 is 39.7 Å². The summed E-state index contributed by atoms with van der Waals surface area (Å²) in [6.45, 7) is 14.6. The maximum atomic E-state index is 3.15. The number of hydrogen-bond donors (Lipinski definition) is 0. The maximum absolute atomic E-state index is 3.15. The van der Waals surface area contributed by atoms with Crippen molar-refractivity contribution in [3.05, 3.63) is 59.7 Å². The van der Waals surface area contributed by atoms with Crippen LogP contribution in [0.15, 0.2) is 58.3 Å². The number of hydrogen-bond acceptors (Lipinski definition) is 2. The van der Waals surface area contributed by atoms with Crippen LogP contribution in [-0.4, -0.2) is 27.7 Å². The van der Waals surface area contributed by atoms with Crippen LogP contribution in [0.2, 0.25) is 51.4 Å². The highest BCUT2D eigenvalue weighted by Crippen LogP contribution is 2.23. The third-order valence-corrected chi connectivity index (χ3v) is 10.7. The summed E-state index contributed by atoms with van der Waals surface area (Å²) < 4.78 is 0. The van der Waals surface area contributed by atoms with Crippen molar-refractivity contribution in [1.82, 2.24) is 0 Å². The van der Waals surface area contributed by atoms with Gasteiger partial charge in [-0.25, -0.2) is 0 Å². The molecule has 30 heavy (non-hydrogen) atoms. The molecule has 0 spiro atoms. The van der Waals surface area contributed by atoms with Crippen LogP contribution in [0.5, 0.6) is 0 Å². The van der Waals surface area contributed by atoms with Crippen LogP contribution in [0.1, 0.15) is 11.1 Å². The molecule has 0 aliphatic carbocycles. The molecule has 0 N–H and O–H groups in total. The molecular weight excluding hydrogens is 433 g/mol. The Labute approximate surface area is 195 Å². The van der Waals surface area contributed by atoms with Crippen molar-refractivity contribution in [1.29, 1.82) is 0 Å². The molecule has 0 unspecified atom stereocenters. The summed E-state index contributed by atoms with van der Waals surface area (Å²) in [6, 6.07) is 19.8. The largest absolute Gasteiger partial charge is 0.126 e. The third kappa shape index (κ3) is 11.2. The van der Waals surface area contributed by atoms with Gasteiger partial charge in [0.25, 0.3) is 0 Å². The SMILES string of the molecule is C[Si](C)(C)CCSc1ccc(C#CC#Cc2ccc(SCC[Si](C)(C)C)cc2)cc1. The zero-order valence-electron chi connectivity index (χ0n) is 19.3. The summed E-state index contributed by atoms with van der Waals surface area (Å²) in [5.41, 5.74) is 2.04. The van der Waals surface area contributed by atoms with Crippen LogP contribution in [0, 0.1) is 23.7 Å². The lowest BCUT2D eigenvalue weighted by Crippen LogP contribution is -2.19. The first-order valence-electron chi connectivity index (χ1n) is 10.6. The van der Waals surface area contributed by atoms with Crippen LogP contribution in [-0.2, 0) is 0 Å². The Bertz CT molecular complexity index is 831. The van der Waals surface area contributed by atoms with E-state index in [-0.39, 0.29) is 0 Å². The van der Waals surface area contributed by atoms with E-state index in [2.05, 4.69) is 111 Å². The van der Waals surface area contributed by atoms with Crippen LogP contribution in [0.3, 0.4) is 0 Å². The predicted molar refractivity (Wildman–Crippen MR) is 144 cm³/mol. The van der Waals surface area contributed by atoms with Gasteiger partial charge in [-0.1, -0.05) is 51.1 Å². The van der Waals surface area contributed by atoms with Crippen molar-refractivity contribution in [2.75, 3.05) is 11.5 Å². The Hall–Kier alpha value is -1.31. The molecule has 0 nitrogen and oxygen atoms in total. The quantitative estimate of drug-likeness (QED) is 0.220. The molecule has 0 fully saturated rings. The number of rotatable bonds is 8. The minimum absolute atomic E-state index is 0.947. The topological polar surface area (TPSA) is 0 Å². The molecule has 0 atom stereocenters. The Morgan fingerprint density at radius 3 is 1.20 bits per heavy atom. The first kappa shape index (κ1) is 25.0. The highest BCUT2D eigenvalue weighted by molar-refractivity contribution is 7.99. The summed E-state index contributed by atoms with van der Waals surface area (Å²) in [5.74, 6) is 14.7. The second-order valence-corrected chi connectivity index (χ2v) is 23.4. The Morgan fingerprint density at radius 1 is 0.567 bits per heavy atom. The summed E-state index contributed by atoms with van der Waals surface area (Å²) in [7, 11) is -1.89. The first-order chi connectivity index (χ1) is 14.1. The van der Waals surface area contributed by atoms with Gasteiger partial charge in [0, 0.05) is 37.1 Å². The van der Waals surface area contributed by atoms with Crippen LogP contribution < -0.4 is 0 Å². The Balaban J connectivity index is 1.83. The van der Waals surface area contributed by atoms with E-state index >= 15 is 0 Å². The van der Waals surface area contributed by atoms with Crippen molar-refractivity contribution in [3.63, 3.8) is 0 Å². The molecule has 2 aromatic rings. The summed E-state index contributed by atoms with van der Waals surface area (Å²) in [4.78, 5) is 2.65. The fraction of sp³-hybridized carbons (Fsp3) is 0.385. The van der Waals surface area contributed by atoms with Gasteiger partial charge in [0.05, 0.1) is 0 Å². The average molecular weight is 467 g/mol. The van der Waals surface area contributed by atoms with Crippen molar-refractivity contribution < 1.29 is 0 Å². The zero-order valence-corrected chi connectivity index (χ0v) is 22.9. The minimum Gasteiger partial charge on any atom is -0.126 e. The molecule has 0 saturated carbocycles. The van der Waals surface area contributed by atoms with Crippen LogP contribution >= 0.6 is 23.5 Å². The van der Waals surface area contributed by atoms with E-state index in [1.165, 1.54) is 33.4 Å². The van der Waals surface area contributed by atoms with Crippen LogP contribution in [0.4, 0.5) is 0 Å². The molecule has 4 heteroatoms. The highest BCUT2D eigenvalue weighted by atomic mass is 32.2. The lowest BCUT2D eigenvalue weighted by Gasteiger charge is -2.14. The molecule has 0 aromatic heterocycles. The first-order valence-corrected chi connectivity index (χ1v) is 20.0. The summed E-state index contributed by atoms with van der Waals surface area (Å²) >= 11 is 3.89. The second kappa shape index (κ2) is 11.9. The van der Waals surface area contributed by atoms with Crippen molar-refractivity contribution in [2.24, 2.45) is 0 Å². The van der Waals surface area contributed by atoms with Gasteiger partial charge in [0.2, 0.25) is 0 Å². The van der Waals surface area contributed by atoms with Crippen molar-refractivity contribution in [3.8, 4) is 23.7 Å². The van der Waals surface area contributed by atoms with Crippen molar-refractivity contribution in [2.45, 2.75) is 61.2 Å². The van der Waals surface area contributed by atoms with E-state index in [9.17, 15) is 0 Å². The average Bonchev–Trinajstić information content (AvgIpc) is 2.65. The second-order valence-electron chi connectivity index (χ2n) is 9.87. The van der Waals surface area contributed by atoms with Gasteiger partial charge >= 0.3 is 0 Å².